The van der Waals surface area contributed by atoms with Crippen molar-refractivity contribution >= 4 is 39.7 Å². The fraction of sp³-hybridized carbons (Fsp3) is 0.667. The van der Waals surface area contributed by atoms with E-state index in [1.807, 2.05) is 0 Å². The number of thiophene rings is 1. The molecule has 98 valence electrons. The second-order valence-corrected chi connectivity index (χ2v) is 6.75. The average Bonchev–Trinajstić information content (AvgIpc) is 2.67. The van der Waals surface area contributed by atoms with E-state index in [1.165, 1.54) is 35.2 Å². The molecule has 1 aliphatic heterocycles. The van der Waals surface area contributed by atoms with Crippen LogP contribution in [0.1, 0.15) is 31.2 Å². The molecular formula is C12H20BrClN2S. The summed E-state index contributed by atoms with van der Waals surface area (Å²) in [5.74, 6) is 0. The van der Waals surface area contributed by atoms with Crippen molar-refractivity contribution in [1.82, 2.24) is 4.90 Å². The predicted octanol–water partition coefficient (Wildman–Crippen LogP) is 3.64. The van der Waals surface area contributed by atoms with Crippen LogP contribution in [-0.4, -0.2) is 24.0 Å². The first-order chi connectivity index (χ1) is 7.79. The smallest absolute Gasteiger partial charge is 0.0701 e. The van der Waals surface area contributed by atoms with E-state index in [2.05, 4.69) is 32.3 Å². The molecule has 1 saturated heterocycles. The van der Waals surface area contributed by atoms with E-state index in [4.69, 9.17) is 5.73 Å². The van der Waals surface area contributed by atoms with Gasteiger partial charge in [-0.05, 0) is 65.3 Å². The summed E-state index contributed by atoms with van der Waals surface area (Å²) in [4.78, 5) is 2.60. The Labute approximate surface area is 122 Å². The van der Waals surface area contributed by atoms with Crippen LogP contribution in [0.5, 0.6) is 0 Å². The van der Waals surface area contributed by atoms with Crippen molar-refractivity contribution in [2.45, 2.75) is 38.3 Å². The topological polar surface area (TPSA) is 29.3 Å². The van der Waals surface area contributed by atoms with E-state index in [0.29, 0.717) is 6.04 Å². The van der Waals surface area contributed by atoms with E-state index >= 15 is 0 Å². The van der Waals surface area contributed by atoms with Crippen LogP contribution in [-0.2, 0) is 6.54 Å². The SMILES string of the molecule is Cl.NCCC1CCCCN1Cc1csc(Br)c1. The molecule has 1 atom stereocenters. The van der Waals surface area contributed by atoms with Crippen LogP contribution < -0.4 is 5.73 Å². The van der Waals surface area contributed by atoms with Gasteiger partial charge in [0.25, 0.3) is 0 Å². The lowest BCUT2D eigenvalue weighted by molar-refractivity contribution is 0.134. The average molecular weight is 340 g/mol. The highest BCUT2D eigenvalue weighted by molar-refractivity contribution is 9.11. The van der Waals surface area contributed by atoms with Gasteiger partial charge < -0.3 is 5.73 Å². The van der Waals surface area contributed by atoms with Gasteiger partial charge in [0.05, 0.1) is 3.79 Å². The van der Waals surface area contributed by atoms with E-state index in [9.17, 15) is 0 Å². The summed E-state index contributed by atoms with van der Waals surface area (Å²) in [5.41, 5.74) is 7.12. The summed E-state index contributed by atoms with van der Waals surface area (Å²) in [5, 5.41) is 2.25. The van der Waals surface area contributed by atoms with Gasteiger partial charge in [-0.3, -0.25) is 4.90 Å². The molecule has 0 aliphatic carbocycles. The molecule has 2 N–H and O–H groups in total. The van der Waals surface area contributed by atoms with Crippen molar-refractivity contribution in [3.8, 4) is 0 Å². The quantitative estimate of drug-likeness (QED) is 0.907. The van der Waals surface area contributed by atoms with Crippen LogP contribution >= 0.6 is 39.7 Å². The molecule has 0 bridgehead atoms. The predicted molar refractivity (Wildman–Crippen MR) is 81.0 cm³/mol. The van der Waals surface area contributed by atoms with E-state index in [0.717, 1.165) is 19.5 Å². The first-order valence-corrected chi connectivity index (χ1v) is 7.64. The molecule has 2 heterocycles. The van der Waals surface area contributed by atoms with Gasteiger partial charge in [0.15, 0.2) is 0 Å². The Kier molecular flexibility index (Phi) is 7.04. The van der Waals surface area contributed by atoms with Crippen molar-refractivity contribution in [3.05, 3.63) is 20.8 Å². The molecule has 1 unspecified atom stereocenters. The Morgan fingerprint density at radius 1 is 1.47 bits per heavy atom. The van der Waals surface area contributed by atoms with Gasteiger partial charge in [0.2, 0.25) is 0 Å². The third-order valence-electron chi connectivity index (χ3n) is 3.26. The molecule has 2 rings (SSSR count). The first kappa shape index (κ1) is 15.4. The van der Waals surface area contributed by atoms with Crippen LogP contribution in [0.25, 0.3) is 0 Å². The summed E-state index contributed by atoms with van der Waals surface area (Å²) in [6.45, 7) is 3.14. The van der Waals surface area contributed by atoms with Crippen molar-refractivity contribution in [1.29, 1.82) is 0 Å². The Bertz CT molecular complexity index is 330. The van der Waals surface area contributed by atoms with Crippen LogP contribution in [0.3, 0.4) is 0 Å². The lowest BCUT2D eigenvalue weighted by Gasteiger charge is -2.35. The maximum atomic E-state index is 5.69. The Hall–Kier alpha value is 0.390. The standard InChI is InChI=1S/C12H19BrN2S.ClH/c13-12-7-10(9-16-12)8-15-6-2-1-3-11(15)4-5-14;/h7,9,11H,1-6,8,14H2;1H. The maximum Gasteiger partial charge on any atom is 0.0701 e. The molecule has 0 saturated carbocycles. The molecule has 2 nitrogen and oxygen atoms in total. The molecule has 1 aromatic rings. The molecular weight excluding hydrogens is 320 g/mol. The van der Waals surface area contributed by atoms with Gasteiger partial charge >= 0.3 is 0 Å². The van der Waals surface area contributed by atoms with Crippen LogP contribution in [0, 0.1) is 0 Å². The largest absolute Gasteiger partial charge is 0.330 e. The highest BCUT2D eigenvalue weighted by Crippen LogP contribution is 2.25. The normalized spacial score (nSPS) is 21.2. The van der Waals surface area contributed by atoms with Crippen molar-refractivity contribution in [2.24, 2.45) is 5.73 Å². The molecule has 0 amide bonds. The summed E-state index contributed by atoms with van der Waals surface area (Å²) in [6.07, 6.45) is 5.18. The fourth-order valence-corrected chi connectivity index (χ4v) is 3.65. The second-order valence-electron chi connectivity index (χ2n) is 4.46. The van der Waals surface area contributed by atoms with Crippen molar-refractivity contribution < 1.29 is 0 Å². The van der Waals surface area contributed by atoms with Gasteiger partial charge in [0.1, 0.15) is 0 Å². The maximum absolute atomic E-state index is 5.69. The van der Waals surface area contributed by atoms with Gasteiger partial charge in [-0.15, -0.1) is 23.7 Å². The number of hydrogen-bond donors (Lipinski definition) is 1. The number of rotatable bonds is 4. The van der Waals surface area contributed by atoms with E-state index < -0.39 is 0 Å². The second kappa shape index (κ2) is 7.74. The molecule has 1 aliphatic rings. The Morgan fingerprint density at radius 2 is 2.29 bits per heavy atom. The minimum atomic E-state index is 0. The third-order valence-corrected chi connectivity index (χ3v) is 4.81. The van der Waals surface area contributed by atoms with Crippen LogP contribution in [0.2, 0.25) is 0 Å². The Balaban J connectivity index is 0.00000144. The summed E-state index contributed by atoms with van der Waals surface area (Å²) >= 11 is 5.30. The number of halogens is 2. The van der Waals surface area contributed by atoms with Crippen LogP contribution in [0.4, 0.5) is 0 Å². The third kappa shape index (κ3) is 4.52. The van der Waals surface area contributed by atoms with Crippen molar-refractivity contribution in [3.63, 3.8) is 0 Å². The fourth-order valence-electron chi connectivity index (χ4n) is 2.45. The highest BCUT2D eigenvalue weighted by atomic mass is 79.9. The van der Waals surface area contributed by atoms with E-state index in [-0.39, 0.29) is 12.4 Å². The number of nitrogens with zero attached hydrogens (tertiary/aromatic N) is 1. The zero-order valence-corrected chi connectivity index (χ0v) is 13.1. The molecule has 1 fully saturated rings. The number of piperidine rings is 1. The first-order valence-electron chi connectivity index (χ1n) is 5.96. The minimum absolute atomic E-state index is 0. The summed E-state index contributed by atoms with van der Waals surface area (Å²) in [7, 11) is 0. The minimum Gasteiger partial charge on any atom is -0.330 e. The van der Waals surface area contributed by atoms with Crippen LogP contribution in [0.15, 0.2) is 15.2 Å². The van der Waals surface area contributed by atoms with Gasteiger partial charge in [-0.25, -0.2) is 0 Å². The molecule has 1 aromatic heterocycles. The lowest BCUT2D eigenvalue weighted by atomic mass is 9.99. The molecule has 0 spiro atoms. The van der Waals surface area contributed by atoms with Gasteiger partial charge in [0, 0.05) is 12.6 Å². The molecule has 5 heteroatoms. The zero-order chi connectivity index (χ0) is 11.4. The van der Waals surface area contributed by atoms with Crippen molar-refractivity contribution in [2.75, 3.05) is 13.1 Å². The number of likely N-dealkylation sites (tertiary alicyclic amines) is 1. The number of hydrogen-bond acceptors (Lipinski definition) is 3. The Morgan fingerprint density at radius 3 is 2.94 bits per heavy atom. The lowest BCUT2D eigenvalue weighted by Crippen LogP contribution is -2.39. The van der Waals surface area contributed by atoms with Gasteiger partial charge in [-0.2, -0.15) is 0 Å². The molecule has 0 aromatic carbocycles. The zero-order valence-electron chi connectivity index (χ0n) is 9.90. The summed E-state index contributed by atoms with van der Waals surface area (Å²) < 4.78 is 1.23. The van der Waals surface area contributed by atoms with Gasteiger partial charge in [-0.1, -0.05) is 6.42 Å². The number of nitrogens with two attached hydrogens (primary N) is 1. The monoisotopic (exact) mass is 338 g/mol. The summed E-state index contributed by atoms with van der Waals surface area (Å²) in [6, 6.07) is 2.94. The highest BCUT2D eigenvalue weighted by Gasteiger charge is 2.21. The van der Waals surface area contributed by atoms with E-state index in [1.54, 1.807) is 11.3 Å². The molecule has 17 heavy (non-hydrogen) atoms. The molecule has 0 radical (unpaired) electrons.